The van der Waals surface area contributed by atoms with Gasteiger partial charge < -0.3 is 9.32 Å². The molecule has 2 heterocycles. The second-order valence-corrected chi connectivity index (χ2v) is 14.2. The van der Waals surface area contributed by atoms with Crippen molar-refractivity contribution in [1.29, 1.82) is 0 Å². The summed E-state index contributed by atoms with van der Waals surface area (Å²) in [5.41, 5.74) is 12.8. The predicted octanol–water partition coefficient (Wildman–Crippen LogP) is 14.3. The van der Waals surface area contributed by atoms with E-state index in [4.69, 9.17) is 14.4 Å². The molecule has 0 unspecified atom stereocenters. The summed E-state index contributed by atoms with van der Waals surface area (Å²) in [6, 6.07) is 70.2. The number of para-hydroxylation sites is 2. The molecular weight excluding hydrogens is 683 g/mol. The van der Waals surface area contributed by atoms with Crippen molar-refractivity contribution in [3.63, 3.8) is 0 Å². The number of nitrogens with zero attached hydrogens (tertiary/aromatic N) is 3. The molecule has 0 aliphatic carbocycles. The molecule has 0 N–H and O–H groups in total. The van der Waals surface area contributed by atoms with Gasteiger partial charge in [-0.2, -0.15) is 0 Å². The quantitative estimate of drug-likeness (QED) is 0.161. The summed E-state index contributed by atoms with van der Waals surface area (Å²) in [6.45, 7) is 0. The maximum absolute atomic E-state index is 6.33. The highest BCUT2D eigenvalue weighted by atomic mass is 16.3. The van der Waals surface area contributed by atoms with Gasteiger partial charge in [-0.05, 0) is 81.9 Å². The van der Waals surface area contributed by atoms with Crippen molar-refractivity contribution in [2.24, 2.45) is 0 Å². The van der Waals surface area contributed by atoms with E-state index in [9.17, 15) is 0 Å². The smallest absolute Gasteiger partial charge is 0.137 e. The van der Waals surface area contributed by atoms with Crippen molar-refractivity contribution in [3.05, 3.63) is 200 Å². The molecule has 0 spiro atoms. The molecule has 0 amide bonds. The molecule has 11 rings (SSSR count). The second-order valence-electron chi connectivity index (χ2n) is 14.2. The summed E-state index contributed by atoms with van der Waals surface area (Å²) < 4.78 is 6.33. The number of hydrogen-bond donors (Lipinski definition) is 0. The summed E-state index contributed by atoms with van der Waals surface area (Å²) in [6.07, 6.45) is 0. The zero-order valence-corrected chi connectivity index (χ0v) is 30.3. The first-order valence-electron chi connectivity index (χ1n) is 18.9. The van der Waals surface area contributed by atoms with E-state index in [2.05, 4.69) is 181 Å². The Morgan fingerprint density at radius 1 is 0.357 bits per heavy atom. The van der Waals surface area contributed by atoms with Crippen LogP contribution >= 0.6 is 0 Å². The summed E-state index contributed by atoms with van der Waals surface area (Å²) >= 11 is 0. The van der Waals surface area contributed by atoms with Crippen molar-refractivity contribution in [1.82, 2.24) is 9.97 Å². The van der Waals surface area contributed by atoms with Gasteiger partial charge in [0.15, 0.2) is 0 Å². The predicted molar refractivity (Wildman–Crippen MR) is 233 cm³/mol. The Morgan fingerprint density at radius 2 is 0.946 bits per heavy atom. The number of furan rings is 1. The van der Waals surface area contributed by atoms with Crippen LogP contribution in [0.25, 0.3) is 88.2 Å². The first-order chi connectivity index (χ1) is 27.7. The highest BCUT2D eigenvalue weighted by molar-refractivity contribution is 6.19. The molecule has 0 saturated heterocycles. The topological polar surface area (TPSA) is 42.2 Å². The van der Waals surface area contributed by atoms with E-state index in [0.29, 0.717) is 0 Å². The van der Waals surface area contributed by atoms with E-state index in [-0.39, 0.29) is 0 Å². The number of hydrogen-bond acceptors (Lipinski definition) is 4. The van der Waals surface area contributed by atoms with E-state index in [1.807, 2.05) is 24.3 Å². The van der Waals surface area contributed by atoms with Gasteiger partial charge in [0.05, 0.1) is 22.4 Å². The molecular formula is C52H33N3O. The summed E-state index contributed by atoms with van der Waals surface area (Å²) in [5.74, 6) is 0. The fourth-order valence-electron chi connectivity index (χ4n) is 8.14. The number of fused-ring (bicyclic) bond motifs is 8. The van der Waals surface area contributed by atoms with Gasteiger partial charge in [0, 0.05) is 50.4 Å². The van der Waals surface area contributed by atoms with Crippen LogP contribution in [0, 0.1) is 0 Å². The molecule has 0 aliphatic rings. The van der Waals surface area contributed by atoms with E-state index in [1.165, 1.54) is 0 Å². The molecule has 0 atom stereocenters. The van der Waals surface area contributed by atoms with Gasteiger partial charge >= 0.3 is 0 Å². The fourth-order valence-corrected chi connectivity index (χ4v) is 8.14. The van der Waals surface area contributed by atoms with Gasteiger partial charge in [-0.15, -0.1) is 0 Å². The van der Waals surface area contributed by atoms with Gasteiger partial charge in [0.1, 0.15) is 11.2 Å². The number of rotatable bonds is 6. The van der Waals surface area contributed by atoms with E-state index in [0.717, 1.165) is 105 Å². The Balaban J connectivity index is 1.04. The average Bonchev–Trinajstić information content (AvgIpc) is 3.65. The molecule has 2 aromatic heterocycles. The Bertz CT molecular complexity index is 3250. The van der Waals surface area contributed by atoms with Crippen LogP contribution in [-0.2, 0) is 0 Å². The zero-order valence-electron chi connectivity index (χ0n) is 30.3. The number of anilines is 3. The minimum absolute atomic E-state index is 0.868. The number of aromatic nitrogens is 2. The molecule has 9 aromatic carbocycles. The van der Waals surface area contributed by atoms with Gasteiger partial charge in [0.25, 0.3) is 0 Å². The van der Waals surface area contributed by atoms with Gasteiger partial charge in [-0.1, -0.05) is 140 Å². The van der Waals surface area contributed by atoms with Crippen molar-refractivity contribution < 1.29 is 4.42 Å². The van der Waals surface area contributed by atoms with Crippen molar-refractivity contribution in [2.75, 3.05) is 4.90 Å². The van der Waals surface area contributed by atoms with Crippen molar-refractivity contribution >= 4 is 71.6 Å². The Labute approximate surface area is 323 Å². The van der Waals surface area contributed by atoms with Crippen LogP contribution in [0.1, 0.15) is 0 Å². The van der Waals surface area contributed by atoms with Crippen LogP contribution in [0.4, 0.5) is 17.1 Å². The lowest BCUT2D eigenvalue weighted by molar-refractivity contribution is 0.669. The van der Waals surface area contributed by atoms with Gasteiger partial charge in [-0.25, -0.2) is 9.97 Å². The summed E-state index contributed by atoms with van der Waals surface area (Å²) in [5, 5.41) is 6.79. The monoisotopic (exact) mass is 715 g/mol. The standard InChI is InChI=1S/C52H33N3O/c1-4-13-35(14-5-1)50-51(36-15-6-2-7-16-36)54-52-46(53-50)30-26-34-23-24-39-31-38(25-28-43(39)49(34)52)37-17-12-20-41(32-37)55(40-18-8-3-9-19-40)42-27-29-45-44-21-10-11-22-47(44)56-48(45)33-42/h1-33H. The molecule has 0 fully saturated rings. The highest BCUT2D eigenvalue weighted by Gasteiger charge is 2.18. The molecule has 0 radical (unpaired) electrons. The molecule has 56 heavy (non-hydrogen) atoms. The Kier molecular flexibility index (Phi) is 7.46. The lowest BCUT2D eigenvalue weighted by Gasteiger charge is -2.26. The average molecular weight is 716 g/mol. The summed E-state index contributed by atoms with van der Waals surface area (Å²) in [7, 11) is 0. The van der Waals surface area contributed by atoms with E-state index in [1.54, 1.807) is 0 Å². The lowest BCUT2D eigenvalue weighted by Crippen LogP contribution is -2.09. The van der Waals surface area contributed by atoms with Crippen LogP contribution in [0.2, 0.25) is 0 Å². The Morgan fingerprint density at radius 3 is 1.75 bits per heavy atom. The van der Waals surface area contributed by atoms with Crippen LogP contribution < -0.4 is 4.90 Å². The molecule has 0 saturated carbocycles. The van der Waals surface area contributed by atoms with Crippen LogP contribution in [0.5, 0.6) is 0 Å². The first kappa shape index (κ1) is 31.9. The lowest BCUT2D eigenvalue weighted by atomic mass is 9.96. The maximum Gasteiger partial charge on any atom is 0.137 e. The zero-order chi connectivity index (χ0) is 37.0. The van der Waals surface area contributed by atoms with E-state index < -0.39 is 0 Å². The van der Waals surface area contributed by atoms with Crippen molar-refractivity contribution in [2.45, 2.75) is 0 Å². The minimum Gasteiger partial charge on any atom is -0.456 e. The molecule has 0 bridgehead atoms. The second kappa shape index (κ2) is 13.1. The third kappa shape index (κ3) is 5.39. The van der Waals surface area contributed by atoms with E-state index >= 15 is 0 Å². The molecule has 4 heteroatoms. The SMILES string of the molecule is c1ccc(-c2nc3ccc4ccc5cc(-c6cccc(N(c7ccccc7)c7ccc8c(c7)oc7ccccc78)c6)ccc5c4c3nc2-c2ccccc2)cc1. The number of benzene rings is 9. The summed E-state index contributed by atoms with van der Waals surface area (Å²) in [4.78, 5) is 13.0. The van der Waals surface area contributed by atoms with Gasteiger partial charge in [-0.3, -0.25) is 0 Å². The van der Waals surface area contributed by atoms with Gasteiger partial charge in [0.2, 0.25) is 0 Å². The fraction of sp³-hybridized carbons (Fsp3) is 0. The molecule has 11 aromatic rings. The van der Waals surface area contributed by atoms with Crippen molar-refractivity contribution in [3.8, 4) is 33.6 Å². The molecule has 4 nitrogen and oxygen atoms in total. The first-order valence-corrected chi connectivity index (χ1v) is 18.9. The highest BCUT2D eigenvalue weighted by Crippen LogP contribution is 2.41. The third-order valence-electron chi connectivity index (χ3n) is 10.8. The minimum atomic E-state index is 0.868. The van der Waals surface area contributed by atoms with Crippen LogP contribution in [0.15, 0.2) is 205 Å². The largest absolute Gasteiger partial charge is 0.456 e. The molecule has 0 aliphatic heterocycles. The van der Waals surface area contributed by atoms with Crippen LogP contribution in [0.3, 0.4) is 0 Å². The maximum atomic E-state index is 6.33. The van der Waals surface area contributed by atoms with Crippen LogP contribution in [-0.4, -0.2) is 9.97 Å². The molecule has 262 valence electrons. The Hall–Kier alpha value is -7.56. The third-order valence-corrected chi connectivity index (χ3v) is 10.8. The normalized spacial score (nSPS) is 11.6.